The van der Waals surface area contributed by atoms with Gasteiger partial charge in [-0.25, -0.2) is 4.39 Å². The predicted molar refractivity (Wildman–Crippen MR) is 124 cm³/mol. The first-order valence-electron chi connectivity index (χ1n) is 11.1. The largest absolute Gasteiger partial charge is 0.484 e. The minimum absolute atomic E-state index is 0.0323. The lowest BCUT2D eigenvalue weighted by molar-refractivity contribution is -0.138. The first-order chi connectivity index (χ1) is 16.1. The topological polar surface area (TPSA) is 58.6 Å². The van der Waals surface area contributed by atoms with Crippen LogP contribution >= 0.6 is 0 Å². The van der Waals surface area contributed by atoms with E-state index in [1.165, 1.54) is 6.07 Å². The van der Waals surface area contributed by atoms with Crippen LogP contribution in [0.4, 0.5) is 4.39 Å². The number of carbonyl (C=O) groups is 2. The Bertz CT molecular complexity index is 1070. The number of nitrogens with one attached hydrogen (secondary N) is 1. The van der Waals surface area contributed by atoms with Crippen molar-refractivity contribution < 1.29 is 18.7 Å². The van der Waals surface area contributed by atoms with Gasteiger partial charge in [-0.15, -0.1) is 0 Å². The Morgan fingerprint density at radius 1 is 0.909 bits per heavy atom. The smallest absolute Gasteiger partial charge is 0.260 e. The monoisotopic (exact) mass is 446 g/mol. The van der Waals surface area contributed by atoms with E-state index in [0.29, 0.717) is 30.8 Å². The molecule has 170 valence electrons. The Balaban J connectivity index is 1.44. The van der Waals surface area contributed by atoms with Crippen LogP contribution in [-0.4, -0.2) is 36.4 Å². The highest BCUT2D eigenvalue weighted by Gasteiger charge is 2.34. The molecule has 0 aromatic heterocycles. The van der Waals surface area contributed by atoms with E-state index in [0.717, 1.165) is 5.56 Å². The van der Waals surface area contributed by atoms with E-state index >= 15 is 0 Å². The summed E-state index contributed by atoms with van der Waals surface area (Å²) in [5.74, 6) is -0.423. The van der Waals surface area contributed by atoms with Gasteiger partial charge in [0, 0.05) is 31.1 Å². The summed E-state index contributed by atoms with van der Waals surface area (Å²) in [7, 11) is 0. The summed E-state index contributed by atoms with van der Waals surface area (Å²) in [6.07, 6.45) is 0.621. The average Bonchev–Trinajstić information content (AvgIpc) is 2.87. The fraction of sp³-hybridized carbons (Fsp3) is 0.259. The summed E-state index contributed by atoms with van der Waals surface area (Å²) in [5.41, 5.74) is 1.52. The van der Waals surface area contributed by atoms with Crippen LogP contribution in [0.1, 0.15) is 23.5 Å². The number of para-hydroxylation sites is 1. The minimum Gasteiger partial charge on any atom is -0.484 e. The number of piperidine rings is 1. The third kappa shape index (κ3) is 5.98. The first kappa shape index (κ1) is 22.5. The normalized spacial score (nSPS) is 17.9. The van der Waals surface area contributed by atoms with Crippen molar-refractivity contribution in [1.29, 1.82) is 0 Å². The zero-order valence-electron chi connectivity index (χ0n) is 18.3. The highest BCUT2D eigenvalue weighted by molar-refractivity contribution is 5.82. The van der Waals surface area contributed by atoms with Gasteiger partial charge >= 0.3 is 0 Å². The van der Waals surface area contributed by atoms with Crippen LogP contribution in [0.25, 0.3) is 0 Å². The van der Waals surface area contributed by atoms with Crippen LogP contribution in [0, 0.1) is 11.7 Å². The molecule has 3 aromatic rings. The number of nitrogens with zero attached hydrogens (tertiary/aromatic N) is 1. The van der Waals surface area contributed by atoms with Gasteiger partial charge in [-0.1, -0.05) is 66.7 Å². The molecule has 4 rings (SSSR count). The molecule has 1 N–H and O–H groups in total. The number of likely N-dealkylation sites (tertiary alicyclic amines) is 1. The number of hydrogen-bond donors (Lipinski definition) is 1. The second kappa shape index (κ2) is 10.8. The van der Waals surface area contributed by atoms with E-state index in [1.807, 2.05) is 48.5 Å². The van der Waals surface area contributed by atoms with E-state index in [2.05, 4.69) is 5.32 Å². The van der Waals surface area contributed by atoms with Gasteiger partial charge < -0.3 is 15.0 Å². The Kier molecular flexibility index (Phi) is 7.35. The van der Waals surface area contributed by atoms with Crippen molar-refractivity contribution >= 4 is 11.8 Å². The fourth-order valence-electron chi connectivity index (χ4n) is 4.18. The first-order valence-corrected chi connectivity index (χ1v) is 11.1. The standard InChI is InChI=1S/C27H27FN2O3/c28-25-14-8-7-11-21(25)16-29-27(32)23-15-22(20-9-3-1-4-10-20)17-30(18-23)26(31)19-33-24-12-5-2-6-13-24/h1-14,22-23H,15-19H2,(H,29,32)/t22-,23+/m0/s1. The number of rotatable bonds is 7. The minimum atomic E-state index is -0.392. The van der Waals surface area contributed by atoms with Crippen LogP contribution in [0.15, 0.2) is 84.9 Å². The lowest BCUT2D eigenvalue weighted by Gasteiger charge is -2.37. The van der Waals surface area contributed by atoms with E-state index < -0.39 is 5.92 Å². The number of benzene rings is 3. The molecule has 1 fully saturated rings. The molecule has 2 amide bonds. The molecule has 0 spiro atoms. The van der Waals surface area contributed by atoms with Gasteiger partial charge in [-0.05, 0) is 30.2 Å². The molecule has 1 aliphatic rings. The maximum atomic E-state index is 13.9. The SMILES string of the molecule is O=C(NCc1ccccc1F)[C@@H]1C[C@H](c2ccccc2)CN(C(=O)COc2ccccc2)C1. The number of ether oxygens (including phenoxy) is 1. The van der Waals surface area contributed by atoms with Crippen molar-refractivity contribution in [3.8, 4) is 5.75 Å². The van der Waals surface area contributed by atoms with E-state index in [9.17, 15) is 14.0 Å². The van der Waals surface area contributed by atoms with E-state index in [-0.39, 0.29) is 36.7 Å². The van der Waals surface area contributed by atoms with Crippen molar-refractivity contribution in [3.05, 3.63) is 102 Å². The molecule has 1 aliphatic heterocycles. The number of carbonyl (C=O) groups excluding carboxylic acids is 2. The quantitative estimate of drug-likeness (QED) is 0.593. The van der Waals surface area contributed by atoms with Crippen LogP contribution < -0.4 is 10.1 Å². The Morgan fingerprint density at radius 3 is 2.30 bits per heavy atom. The zero-order chi connectivity index (χ0) is 23.0. The lowest BCUT2D eigenvalue weighted by Crippen LogP contribution is -2.49. The second-order valence-electron chi connectivity index (χ2n) is 8.25. The second-order valence-corrected chi connectivity index (χ2v) is 8.25. The van der Waals surface area contributed by atoms with Gasteiger partial charge in [-0.2, -0.15) is 0 Å². The predicted octanol–water partition coefficient (Wildman–Crippen LogP) is 4.15. The van der Waals surface area contributed by atoms with Crippen molar-refractivity contribution in [2.45, 2.75) is 18.9 Å². The summed E-state index contributed by atoms with van der Waals surface area (Å²) in [6.45, 7) is 0.861. The van der Waals surface area contributed by atoms with Gasteiger partial charge in [0.15, 0.2) is 6.61 Å². The lowest BCUT2D eigenvalue weighted by atomic mass is 9.84. The van der Waals surface area contributed by atoms with Gasteiger partial charge in [0.05, 0.1) is 5.92 Å². The molecule has 0 unspecified atom stereocenters. The molecule has 2 atom stereocenters. The molecule has 1 heterocycles. The number of amides is 2. The highest BCUT2D eigenvalue weighted by atomic mass is 19.1. The molecule has 1 saturated heterocycles. The summed E-state index contributed by atoms with van der Waals surface area (Å²) >= 11 is 0. The molecule has 33 heavy (non-hydrogen) atoms. The Labute approximate surface area is 193 Å². The Hall–Kier alpha value is -3.67. The Morgan fingerprint density at radius 2 is 1.58 bits per heavy atom. The van der Waals surface area contributed by atoms with Crippen LogP contribution in [-0.2, 0) is 16.1 Å². The zero-order valence-corrected chi connectivity index (χ0v) is 18.3. The van der Waals surface area contributed by atoms with Crippen LogP contribution in [0.5, 0.6) is 5.75 Å². The maximum absolute atomic E-state index is 13.9. The third-order valence-corrected chi connectivity index (χ3v) is 5.96. The fourth-order valence-corrected chi connectivity index (χ4v) is 4.18. The number of hydrogen-bond acceptors (Lipinski definition) is 3. The van der Waals surface area contributed by atoms with Crippen LogP contribution in [0.2, 0.25) is 0 Å². The third-order valence-electron chi connectivity index (χ3n) is 5.96. The molecule has 0 bridgehead atoms. The summed E-state index contributed by atoms with van der Waals surface area (Å²) in [6, 6.07) is 25.5. The van der Waals surface area contributed by atoms with E-state index in [1.54, 1.807) is 35.2 Å². The van der Waals surface area contributed by atoms with Gasteiger partial charge in [0.2, 0.25) is 5.91 Å². The molecule has 6 heteroatoms. The molecule has 5 nitrogen and oxygen atoms in total. The molecular formula is C27H27FN2O3. The molecule has 0 radical (unpaired) electrons. The molecule has 0 aliphatic carbocycles. The van der Waals surface area contributed by atoms with Crippen molar-refractivity contribution in [3.63, 3.8) is 0 Å². The molecule has 3 aromatic carbocycles. The molecule has 0 saturated carbocycles. The number of halogens is 1. The van der Waals surface area contributed by atoms with Crippen molar-refractivity contribution in [1.82, 2.24) is 10.2 Å². The van der Waals surface area contributed by atoms with Crippen molar-refractivity contribution in [2.24, 2.45) is 5.92 Å². The summed E-state index contributed by atoms with van der Waals surface area (Å²) in [5, 5.41) is 2.85. The summed E-state index contributed by atoms with van der Waals surface area (Å²) < 4.78 is 19.6. The van der Waals surface area contributed by atoms with Gasteiger partial charge in [-0.3, -0.25) is 9.59 Å². The van der Waals surface area contributed by atoms with E-state index in [4.69, 9.17) is 4.74 Å². The average molecular weight is 447 g/mol. The maximum Gasteiger partial charge on any atom is 0.260 e. The summed E-state index contributed by atoms with van der Waals surface area (Å²) in [4.78, 5) is 27.7. The van der Waals surface area contributed by atoms with Gasteiger partial charge in [0.1, 0.15) is 11.6 Å². The van der Waals surface area contributed by atoms with Crippen molar-refractivity contribution in [2.75, 3.05) is 19.7 Å². The molecular weight excluding hydrogens is 419 g/mol. The highest BCUT2D eigenvalue weighted by Crippen LogP contribution is 2.30. The van der Waals surface area contributed by atoms with Gasteiger partial charge in [0.25, 0.3) is 5.91 Å². The van der Waals surface area contributed by atoms with Crippen LogP contribution in [0.3, 0.4) is 0 Å².